The summed E-state index contributed by atoms with van der Waals surface area (Å²) in [5, 5.41) is 3.17. The standard InChI is InChI=1S/C14H19BrN2O/c1-10-8-11(15)5-6-13(10)14(18)17-7-3-4-12(17)9-16-2/h5-6,8,12,16H,3-4,7,9H2,1-2H3/t12-/m1/s1. The van der Waals surface area contributed by atoms with Crippen molar-refractivity contribution < 1.29 is 4.79 Å². The Kier molecular flexibility index (Phi) is 4.40. The van der Waals surface area contributed by atoms with E-state index in [1.54, 1.807) is 0 Å². The number of likely N-dealkylation sites (tertiary alicyclic amines) is 1. The molecule has 1 aromatic rings. The molecule has 98 valence electrons. The van der Waals surface area contributed by atoms with E-state index in [2.05, 4.69) is 21.2 Å². The van der Waals surface area contributed by atoms with E-state index in [0.29, 0.717) is 6.04 Å². The number of hydrogen-bond acceptors (Lipinski definition) is 2. The van der Waals surface area contributed by atoms with Crippen LogP contribution in [0.15, 0.2) is 22.7 Å². The zero-order chi connectivity index (χ0) is 13.1. The first kappa shape index (κ1) is 13.6. The molecule has 18 heavy (non-hydrogen) atoms. The van der Waals surface area contributed by atoms with Crippen molar-refractivity contribution in [2.24, 2.45) is 0 Å². The molecule has 0 saturated carbocycles. The molecule has 0 aromatic heterocycles. The molecule has 1 heterocycles. The maximum atomic E-state index is 12.5. The van der Waals surface area contributed by atoms with Gasteiger partial charge >= 0.3 is 0 Å². The van der Waals surface area contributed by atoms with Crippen molar-refractivity contribution in [3.63, 3.8) is 0 Å². The van der Waals surface area contributed by atoms with Gasteiger partial charge < -0.3 is 10.2 Å². The highest BCUT2D eigenvalue weighted by Crippen LogP contribution is 2.23. The smallest absolute Gasteiger partial charge is 0.254 e. The number of hydrogen-bond donors (Lipinski definition) is 1. The third kappa shape index (κ3) is 2.75. The minimum atomic E-state index is 0.165. The van der Waals surface area contributed by atoms with Crippen LogP contribution < -0.4 is 5.32 Å². The Bertz CT molecular complexity index is 447. The second-order valence-electron chi connectivity index (χ2n) is 4.81. The highest BCUT2D eigenvalue weighted by molar-refractivity contribution is 9.10. The fraction of sp³-hybridized carbons (Fsp3) is 0.500. The molecule has 1 aliphatic heterocycles. The van der Waals surface area contributed by atoms with Gasteiger partial charge in [0.15, 0.2) is 0 Å². The molecular formula is C14H19BrN2O. The van der Waals surface area contributed by atoms with Crippen LogP contribution >= 0.6 is 15.9 Å². The van der Waals surface area contributed by atoms with Gasteiger partial charge in [-0.25, -0.2) is 0 Å². The molecule has 0 radical (unpaired) electrons. The lowest BCUT2D eigenvalue weighted by atomic mass is 10.1. The van der Waals surface area contributed by atoms with Crippen LogP contribution in [0.25, 0.3) is 0 Å². The summed E-state index contributed by atoms with van der Waals surface area (Å²) in [6.45, 7) is 3.74. The van der Waals surface area contributed by atoms with Gasteiger partial charge in [-0.3, -0.25) is 4.79 Å². The molecule has 1 fully saturated rings. The van der Waals surface area contributed by atoms with E-state index in [9.17, 15) is 4.79 Å². The number of likely N-dealkylation sites (N-methyl/N-ethyl adjacent to an activating group) is 1. The maximum Gasteiger partial charge on any atom is 0.254 e. The Morgan fingerprint density at radius 2 is 2.33 bits per heavy atom. The summed E-state index contributed by atoms with van der Waals surface area (Å²) in [6.07, 6.45) is 2.20. The number of rotatable bonds is 3. The lowest BCUT2D eigenvalue weighted by Gasteiger charge is -2.25. The third-order valence-corrected chi connectivity index (χ3v) is 3.99. The summed E-state index contributed by atoms with van der Waals surface area (Å²) in [4.78, 5) is 14.6. The maximum absolute atomic E-state index is 12.5. The zero-order valence-electron chi connectivity index (χ0n) is 10.9. The predicted molar refractivity (Wildman–Crippen MR) is 76.9 cm³/mol. The predicted octanol–water partition coefficient (Wildman–Crippen LogP) is 2.58. The first-order valence-corrected chi connectivity index (χ1v) is 7.14. The average molecular weight is 311 g/mol. The third-order valence-electron chi connectivity index (χ3n) is 3.50. The van der Waals surface area contributed by atoms with Crippen molar-refractivity contribution in [3.8, 4) is 0 Å². The van der Waals surface area contributed by atoms with E-state index in [1.807, 2.05) is 37.1 Å². The molecule has 0 unspecified atom stereocenters. The first-order chi connectivity index (χ1) is 8.63. The van der Waals surface area contributed by atoms with E-state index >= 15 is 0 Å². The van der Waals surface area contributed by atoms with Gasteiger partial charge in [-0.05, 0) is 50.6 Å². The fourth-order valence-electron chi connectivity index (χ4n) is 2.57. The van der Waals surface area contributed by atoms with Gasteiger partial charge in [0.05, 0.1) is 0 Å². The Morgan fingerprint density at radius 3 is 3.00 bits per heavy atom. The Balaban J connectivity index is 2.20. The minimum absolute atomic E-state index is 0.165. The molecule has 1 aliphatic rings. The summed E-state index contributed by atoms with van der Waals surface area (Å²) >= 11 is 3.43. The van der Waals surface area contributed by atoms with E-state index < -0.39 is 0 Å². The van der Waals surface area contributed by atoms with Crippen LogP contribution in [0.5, 0.6) is 0 Å². The monoisotopic (exact) mass is 310 g/mol. The Labute approximate surface area is 117 Å². The van der Waals surface area contributed by atoms with Crippen molar-refractivity contribution in [3.05, 3.63) is 33.8 Å². The molecule has 2 rings (SSSR count). The van der Waals surface area contributed by atoms with Crippen LogP contribution in [0, 0.1) is 6.92 Å². The van der Waals surface area contributed by atoms with Crippen LogP contribution in [0.3, 0.4) is 0 Å². The average Bonchev–Trinajstić information content (AvgIpc) is 2.77. The summed E-state index contributed by atoms with van der Waals surface area (Å²) in [6, 6.07) is 6.18. The molecule has 1 N–H and O–H groups in total. The number of halogens is 1. The molecule has 0 aliphatic carbocycles. The Hall–Kier alpha value is -0.870. The molecule has 1 saturated heterocycles. The lowest BCUT2D eigenvalue weighted by molar-refractivity contribution is 0.0736. The summed E-state index contributed by atoms with van der Waals surface area (Å²) in [7, 11) is 1.94. The minimum Gasteiger partial charge on any atom is -0.334 e. The number of carbonyl (C=O) groups is 1. The van der Waals surface area contributed by atoms with Gasteiger partial charge in [0.25, 0.3) is 5.91 Å². The molecule has 1 atom stereocenters. The van der Waals surface area contributed by atoms with Gasteiger partial charge in [0.2, 0.25) is 0 Å². The number of benzene rings is 1. The topological polar surface area (TPSA) is 32.3 Å². The van der Waals surface area contributed by atoms with Crippen LogP contribution in [-0.4, -0.2) is 37.0 Å². The molecule has 4 heteroatoms. The Morgan fingerprint density at radius 1 is 1.56 bits per heavy atom. The van der Waals surface area contributed by atoms with Crippen molar-refractivity contribution in [2.45, 2.75) is 25.8 Å². The summed E-state index contributed by atoms with van der Waals surface area (Å²) in [5.41, 5.74) is 1.85. The van der Waals surface area contributed by atoms with Crippen molar-refractivity contribution >= 4 is 21.8 Å². The number of aryl methyl sites for hydroxylation is 1. The first-order valence-electron chi connectivity index (χ1n) is 6.35. The highest BCUT2D eigenvalue weighted by Gasteiger charge is 2.29. The van der Waals surface area contributed by atoms with Crippen LogP contribution in [0.2, 0.25) is 0 Å². The largest absolute Gasteiger partial charge is 0.334 e. The van der Waals surface area contributed by atoms with Gasteiger partial charge in [-0.15, -0.1) is 0 Å². The molecule has 0 bridgehead atoms. The number of nitrogens with one attached hydrogen (secondary N) is 1. The van der Waals surface area contributed by atoms with Crippen LogP contribution in [0.1, 0.15) is 28.8 Å². The molecule has 0 spiro atoms. The van der Waals surface area contributed by atoms with E-state index in [-0.39, 0.29) is 5.91 Å². The number of carbonyl (C=O) groups excluding carboxylic acids is 1. The van der Waals surface area contributed by atoms with Gasteiger partial charge in [0.1, 0.15) is 0 Å². The lowest BCUT2D eigenvalue weighted by Crippen LogP contribution is -2.41. The van der Waals surface area contributed by atoms with Gasteiger partial charge in [-0.1, -0.05) is 15.9 Å². The summed E-state index contributed by atoms with van der Waals surface area (Å²) in [5.74, 6) is 0.165. The SMILES string of the molecule is CNC[C@H]1CCCN1C(=O)c1ccc(Br)cc1C. The van der Waals surface area contributed by atoms with Crippen LogP contribution in [0.4, 0.5) is 0 Å². The second kappa shape index (κ2) is 5.85. The van der Waals surface area contributed by atoms with Crippen LogP contribution in [-0.2, 0) is 0 Å². The van der Waals surface area contributed by atoms with Gasteiger partial charge in [0, 0.05) is 29.2 Å². The molecule has 3 nitrogen and oxygen atoms in total. The molecule has 1 amide bonds. The molecular weight excluding hydrogens is 292 g/mol. The van der Waals surface area contributed by atoms with Crippen molar-refractivity contribution in [2.75, 3.05) is 20.1 Å². The van der Waals surface area contributed by atoms with Gasteiger partial charge in [-0.2, -0.15) is 0 Å². The van der Waals surface area contributed by atoms with E-state index in [1.165, 1.54) is 0 Å². The second-order valence-corrected chi connectivity index (χ2v) is 5.73. The fourth-order valence-corrected chi connectivity index (χ4v) is 3.05. The van der Waals surface area contributed by atoms with E-state index in [4.69, 9.17) is 0 Å². The normalized spacial score (nSPS) is 19.3. The quantitative estimate of drug-likeness (QED) is 0.930. The van der Waals surface area contributed by atoms with E-state index in [0.717, 1.165) is 41.5 Å². The molecule has 1 aromatic carbocycles. The number of nitrogens with zero attached hydrogens (tertiary/aromatic N) is 1. The highest BCUT2D eigenvalue weighted by atomic mass is 79.9. The van der Waals surface area contributed by atoms with Crippen molar-refractivity contribution in [1.29, 1.82) is 0 Å². The van der Waals surface area contributed by atoms with Crippen molar-refractivity contribution in [1.82, 2.24) is 10.2 Å². The number of amides is 1. The zero-order valence-corrected chi connectivity index (χ0v) is 12.5. The summed E-state index contributed by atoms with van der Waals surface area (Å²) < 4.78 is 1.02.